The first-order chi connectivity index (χ1) is 12.0. The molecular formula is C19H20N2O4. The van der Waals surface area contributed by atoms with Gasteiger partial charge in [-0.3, -0.25) is 14.9 Å². The van der Waals surface area contributed by atoms with Gasteiger partial charge in [-0.15, -0.1) is 0 Å². The molecule has 1 heterocycles. The molecule has 0 saturated carbocycles. The van der Waals surface area contributed by atoms with Crippen LogP contribution in [0, 0.1) is 10.1 Å². The summed E-state index contributed by atoms with van der Waals surface area (Å²) >= 11 is 0. The molecule has 0 spiro atoms. The summed E-state index contributed by atoms with van der Waals surface area (Å²) in [6, 6.07) is 12.6. The van der Waals surface area contributed by atoms with Crippen molar-refractivity contribution in [3.8, 4) is 5.75 Å². The van der Waals surface area contributed by atoms with Crippen LogP contribution in [0.3, 0.4) is 0 Å². The van der Waals surface area contributed by atoms with Crippen LogP contribution in [0.25, 0.3) is 0 Å². The first-order valence-corrected chi connectivity index (χ1v) is 8.18. The number of hydrogen-bond donors (Lipinski definition) is 0. The summed E-state index contributed by atoms with van der Waals surface area (Å²) in [6.07, 6.45) is 0.895. The Bertz CT molecular complexity index is 819. The monoisotopic (exact) mass is 340 g/mol. The lowest BCUT2D eigenvalue weighted by Crippen LogP contribution is -2.20. The molecule has 6 nitrogen and oxygen atoms in total. The SMILES string of the molecule is COc1ccccc1C1CCN(c2ccc(C(C)=O)cc2[N+](=O)[O-])C1. The fourth-order valence-electron chi connectivity index (χ4n) is 3.39. The Labute approximate surface area is 146 Å². The van der Waals surface area contributed by atoms with Crippen LogP contribution in [-0.4, -0.2) is 30.9 Å². The number of para-hydroxylation sites is 1. The highest BCUT2D eigenvalue weighted by atomic mass is 16.6. The van der Waals surface area contributed by atoms with Gasteiger partial charge in [0.2, 0.25) is 0 Å². The normalized spacial score (nSPS) is 16.7. The highest BCUT2D eigenvalue weighted by Crippen LogP contribution is 2.38. The van der Waals surface area contributed by atoms with Gasteiger partial charge in [-0.05, 0) is 37.1 Å². The molecule has 0 aromatic heterocycles. The minimum atomic E-state index is -0.418. The standard InChI is InChI=1S/C19H20N2O4/c1-13(22)14-7-8-17(18(11-14)21(23)24)20-10-9-15(12-20)16-5-3-4-6-19(16)25-2/h3-8,11,15H,9-10,12H2,1-2H3. The molecule has 1 aliphatic heterocycles. The largest absolute Gasteiger partial charge is 0.496 e. The second-order valence-electron chi connectivity index (χ2n) is 6.19. The molecule has 1 atom stereocenters. The molecule has 1 aliphatic rings. The fraction of sp³-hybridized carbons (Fsp3) is 0.316. The lowest BCUT2D eigenvalue weighted by atomic mass is 9.97. The van der Waals surface area contributed by atoms with Gasteiger partial charge in [-0.2, -0.15) is 0 Å². The number of hydrogen-bond acceptors (Lipinski definition) is 5. The molecule has 130 valence electrons. The Morgan fingerprint density at radius 2 is 2.04 bits per heavy atom. The Kier molecular flexibility index (Phi) is 4.70. The van der Waals surface area contributed by atoms with Gasteiger partial charge in [-0.1, -0.05) is 18.2 Å². The maximum absolute atomic E-state index is 11.5. The number of Topliss-reactive ketones (excluding diaryl/α,β-unsaturated/α-hetero) is 1. The number of carbonyl (C=O) groups excluding carboxylic acids is 1. The zero-order valence-corrected chi connectivity index (χ0v) is 14.3. The predicted molar refractivity (Wildman–Crippen MR) is 95.7 cm³/mol. The molecule has 1 saturated heterocycles. The van der Waals surface area contributed by atoms with E-state index in [0.717, 1.165) is 24.3 Å². The van der Waals surface area contributed by atoms with Crippen molar-refractivity contribution in [3.05, 3.63) is 63.7 Å². The molecule has 1 unspecified atom stereocenters. The summed E-state index contributed by atoms with van der Waals surface area (Å²) in [5.74, 6) is 0.919. The van der Waals surface area contributed by atoms with Gasteiger partial charge in [0.05, 0.1) is 12.0 Å². The van der Waals surface area contributed by atoms with Crippen LogP contribution >= 0.6 is 0 Å². The first-order valence-electron chi connectivity index (χ1n) is 8.18. The van der Waals surface area contributed by atoms with Crippen molar-refractivity contribution < 1.29 is 14.5 Å². The average molecular weight is 340 g/mol. The number of carbonyl (C=O) groups is 1. The number of methoxy groups -OCH3 is 1. The number of nitro benzene ring substituents is 1. The van der Waals surface area contributed by atoms with E-state index in [1.54, 1.807) is 19.2 Å². The molecule has 0 amide bonds. The van der Waals surface area contributed by atoms with E-state index in [0.29, 0.717) is 17.8 Å². The van der Waals surface area contributed by atoms with Crippen LogP contribution in [-0.2, 0) is 0 Å². The molecule has 0 aliphatic carbocycles. The van der Waals surface area contributed by atoms with Crippen molar-refractivity contribution in [1.82, 2.24) is 0 Å². The fourth-order valence-corrected chi connectivity index (χ4v) is 3.39. The molecule has 1 fully saturated rings. The molecule has 0 radical (unpaired) electrons. The molecule has 0 N–H and O–H groups in total. The molecule has 2 aromatic rings. The van der Waals surface area contributed by atoms with Crippen LogP contribution in [0.5, 0.6) is 5.75 Å². The van der Waals surface area contributed by atoms with E-state index >= 15 is 0 Å². The number of ether oxygens (including phenoxy) is 1. The smallest absolute Gasteiger partial charge is 0.293 e. The third-order valence-corrected chi connectivity index (χ3v) is 4.69. The summed E-state index contributed by atoms with van der Waals surface area (Å²) < 4.78 is 5.44. The van der Waals surface area contributed by atoms with E-state index in [1.807, 2.05) is 29.2 Å². The van der Waals surface area contributed by atoms with E-state index in [-0.39, 0.29) is 17.4 Å². The molecule has 25 heavy (non-hydrogen) atoms. The highest BCUT2D eigenvalue weighted by Gasteiger charge is 2.30. The Hall–Kier alpha value is -2.89. The second-order valence-corrected chi connectivity index (χ2v) is 6.19. The van der Waals surface area contributed by atoms with Crippen molar-refractivity contribution in [2.45, 2.75) is 19.3 Å². The van der Waals surface area contributed by atoms with Crippen LogP contribution < -0.4 is 9.64 Å². The number of nitrogens with zero attached hydrogens (tertiary/aromatic N) is 2. The van der Waals surface area contributed by atoms with E-state index < -0.39 is 4.92 Å². The van der Waals surface area contributed by atoms with Gasteiger partial charge < -0.3 is 9.64 Å². The number of benzene rings is 2. The van der Waals surface area contributed by atoms with Crippen LogP contribution in [0.4, 0.5) is 11.4 Å². The third-order valence-electron chi connectivity index (χ3n) is 4.69. The molecule has 2 aromatic carbocycles. The Morgan fingerprint density at radius 1 is 1.28 bits per heavy atom. The van der Waals surface area contributed by atoms with E-state index in [4.69, 9.17) is 4.74 Å². The maximum atomic E-state index is 11.5. The van der Waals surface area contributed by atoms with Crippen molar-refractivity contribution in [3.63, 3.8) is 0 Å². The van der Waals surface area contributed by atoms with Crippen LogP contribution in [0.1, 0.15) is 35.2 Å². The number of nitro groups is 1. The average Bonchev–Trinajstić information content (AvgIpc) is 3.10. The van der Waals surface area contributed by atoms with Crippen LogP contribution in [0.2, 0.25) is 0 Å². The molecular weight excluding hydrogens is 320 g/mol. The van der Waals surface area contributed by atoms with Gasteiger partial charge in [-0.25, -0.2) is 0 Å². The minimum absolute atomic E-state index is 0.0200. The van der Waals surface area contributed by atoms with Crippen molar-refractivity contribution in [2.24, 2.45) is 0 Å². The van der Waals surface area contributed by atoms with Crippen LogP contribution in [0.15, 0.2) is 42.5 Å². The summed E-state index contributed by atoms with van der Waals surface area (Å²) in [5.41, 5.74) is 2.02. The quantitative estimate of drug-likeness (QED) is 0.470. The summed E-state index contributed by atoms with van der Waals surface area (Å²) in [5, 5.41) is 11.5. The summed E-state index contributed by atoms with van der Waals surface area (Å²) in [4.78, 5) is 24.6. The Balaban J connectivity index is 1.89. The second kappa shape index (κ2) is 6.93. The summed E-state index contributed by atoms with van der Waals surface area (Å²) in [6.45, 7) is 2.82. The van der Waals surface area contributed by atoms with E-state index in [1.165, 1.54) is 13.0 Å². The molecule has 3 rings (SSSR count). The lowest BCUT2D eigenvalue weighted by molar-refractivity contribution is -0.384. The summed E-state index contributed by atoms with van der Waals surface area (Å²) in [7, 11) is 1.65. The van der Waals surface area contributed by atoms with Gasteiger partial charge in [0, 0.05) is 30.6 Å². The predicted octanol–water partition coefficient (Wildman–Crippen LogP) is 3.80. The van der Waals surface area contributed by atoms with Crippen molar-refractivity contribution in [1.29, 1.82) is 0 Å². The lowest BCUT2D eigenvalue weighted by Gasteiger charge is -2.20. The first kappa shape index (κ1) is 17.0. The zero-order chi connectivity index (χ0) is 18.0. The van der Waals surface area contributed by atoms with Crippen molar-refractivity contribution in [2.75, 3.05) is 25.1 Å². The highest BCUT2D eigenvalue weighted by molar-refractivity contribution is 5.95. The van der Waals surface area contributed by atoms with Gasteiger partial charge in [0.25, 0.3) is 5.69 Å². The van der Waals surface area contributed by atoms with E-state index in [2.05, 4.69) is 0 Å². The molecule has 0 bridgehead atoms. The topological polar surface area (TPSA) is 72.7 Å². The maximum Gasteiger partial charge on any atom is 0.293 e. The van der Waals surface area contributed by atoms with Gasteiger partial charge >= 0.3 is 0 Å². The van der Waals surface area contributed by atoms with E-state index in [9.17, 15) is 14.9 Å². The van der Waals surface area contributed by atoms with Gasteiger partial charge in [0.1, 0.15) is 11.4 Å². The number of rotatable bonds is 5. The number of ketones is 1. The third kappa shape index (κ3) is 3.33. The Morgan fingerprint density at radius 3 is 2.72 bits per heavy atom. The number of anilines is 1. The van der Waals surface area contributed by atoms with Crippen molar-refractivity contribution >= 4 is 17.2 Å². The molecule has 6 heteroatoms. The van der Waals surface area contributed by atoms with Gasteiger partial charge in [0.15, 0.2) is 5.78 Å². The zero-order valence-electron chi connectivity index (χ0n) is 14.3. The minimum Gasteiger partial charge on any atom is -0.496 e.